The van der Waals surface area contributed by atoms with Crippen LogP contribution in [0.25, 0.3) is 22.1 Å². The molecule has 0 aliphatic heterocycles. The first-order chi connectivity index (χ1) is 12.1. The quantitative estimate of drug-likeness (QED) is 0.555. The molecule has 2 heterocycles. The fourth-order valence-corrected chi connectivity index (χ4v) is 4.36. The second kappa shape index (κ2) is 6.06. The number of nitrogens with zero attached hydrogens (tertiary/aromatic N) is 3. The predicted octanol–water partition coefficient (Wildman–Crippen LogP) is 2.51. The maximum absolute atomic E-state index is 12.7. The Bertz CT molecular complexity index is 1170. The third-order valence-electron chi connectivity index (χ3n) is 3.60. The summed E-state index contributed by atoms with van der Waals surface area (Å²) in [6, 6.07) is 9.99. The van der Waals surface area contributed by atoms with Gasteiger partial charge in [0.25, 0.3) is 10.0 Å². The van der Waals surface area contributed by atoms with Gasteiger partial charge in [-0.25, -0.2) is 13.4 Å². The third-order valence-corrected chi connectivity index (χ3v) is 5.56. The summed E-state index contributed by atoms with van der Waals surface area (Å²) in [5.74, 6) is 0.677. The lowest BCUT2D eigenvalue weighted by molar-refractivity contribution is 0.179. The molecule has 0 unspecified atom stereocenters. The molecule has 2 aromatic carbocycles. The van der Waals surface area contributed by atoms with Gasteiger partial charge in [-0.3, -0.25) is 4.72 Å². The number of H-pyrrole nitrogens is 1. The van der Waals surface area contributed by atoms with Gasteiger partial charge >= 0.3 is 0 Å². The fourth-order valence-electron chi connectivity index (χ4n) is 2.54. The second-order valence-corrected chi connectivity index (χ2v) is 7.52. The van der Waals surface area contributed by atoms with Gasteiger partial charge in [0.1, 0.15) is 28.4 Å². The van der Waals surface area contributed by atoms with Crippen LogP contribution in [0.15, 0.2) is 41.3 Å². The normalized spacial score (nSPS) is 12.0. The highest BCUT2D eigenvalue weighted by atomic mass is 32.2. The van der Waals surface area contributed by atoms with Crippen molar-refractivity contribution < 1.29 is 13.2 Å². The number of imidazole rings is 1. The summed E-state index contributed by atoms with van der Waals surface area (Å²) >= 11 is 0.981. The molecule has 0 aliphatic rings. The lowest BCUT2D eigenvalue weighted by Crippen LogP contribution is -2.13. The van der Waals surface area contributed by atoms with E-state index in [1.54, 1.807) is 37.4 Å². The number of hydrogen-bond acceptors (Lipinski definition) is 7. The number of rotatable bonds is 5. The Morgan fingerprint density at radius 2 is 2.08 bits per heavy atom. The molecule has 2 aromatic heterocycles. The molecule has 0 fully saturated rings. The van der Waals surface area contributed by atoms with Gasteiger partial charge in [-0.1, -0.05) is 6.07 Å². The van der Waals surface area contributed by atoms with E-state index in [4.69, 9.17) is 4.74 Å². The first-order valence-corrected chi connectivity index (χ1v) is 9.50. The lowest BCUT2D eigenvalue weighted by atomic mass is 10.3. The summed E-state index contributed by atoms with van der Waals surface area (Å²) in [6.07, 6.45) is 0. The van der Waals surface area contributed by atoms with Crippen LogP contribution in [0.1, 0.15) is 5.82 Å². The minimum atomic E-state index is -3.79. The number of hydrogen-bond donors (Lipinski definition) is 2. The van der Waals surface area contributed by atoms with Crippen molar-refractivity contribution in [1.82, 2.24) is 18.7 Å². The number of benzene rings is 2. The van der Waals surface area contributed by atoms with Crippen LogP contribution >= 0.6 is 11.7 Å². The Kier molecular flexibility index (Phi) is 3.86. The predicted molar refractivity (Wildman–Crippen MR) is 95.0 cm³/mol. The van der Waals surface area contributed by atoms with Crippen molar-refractivity contribution in [3.8, 4) is 0 Å². The number of anilines is 1. The molecule has 0 spiro atoms. The molecule has 4 rings (SSSR count). The average molecular weight is 375 g/mol. The summed E-state index contributed by atoms with van der Waals surface area (Å²) in [5, 5.41) is 0. The van der Waals surface area contributed by atoms with Crippen LogP contribution in [-0.4, -0.2) is 34.2 Å². The Balaban J connectivity index is 1.71. The largest absolute Gasteiger partial charge is 0.377 e. The van der Waals surface area contributed by atoms with Crippen LogP contribution < -0.4 is 4.72 Å². The summed E-state index contributed by atoms with van der Waals surface area (Å²) in [7, 11) is -2.20. The van der Waals surface area contributed by atoms with E-state index in [2.05, 4.69) is 23.4 Å². The molecule has 4 aromatic rings. The Labute approximate surface area is 147 Å². The van der Waals surface area contributed by atoms with E-state index in [0.29, 0.717) is 29.2 Å². The molecule has 0 bridgehead atoms. The zero-order valence-electron chi connectivity index (χ0n) is 13.1. The zero-order chi connectivity index (χ0) is 17.4. The van der Waals surface area contributed by atoms with Gasteiger partial charge in [0.05, 0.1) is 28.4 Å². The molecule has 25 heavy (non-hydrogen) atoms. The smallest absolute Gasteiger partial charge is 0.264 e. The van der Waals surface area contributed by atoms with Gasteiger partial charge in [-0.05, 0) is 30.3 Å². The monoisotopic (exact) mass is 375 g/mol. The number of ether oxygens (including phenoxy) is 1. The van der Waals surface area contributed by atoms with Crippen LogP contribution in [0.5, 0.6) is 0 Å². The van der Waals surface area contributed by atoms with Crippen LogP contribution in [0, 0.1) is 0 Å². The molecule has 8 nitrogen and oxygen atoms in total. The van der Waals surface area contributed by atoms with Gasteiger partial charge < -0.3 is 9.72 Å². The minimum Gasteiger partial charge on any atom is -0.377 e. The van der Waals surface area contributed by atoms with Crippen molar-refractivity contribution in [2.24, 2.45) is 0 Å². The van der Waals surface area contributed by atoms with Crippen molar-refractivity contribution >= 4 is 49.5 Å². The first-order valence-electron chi connectivity index (χ1n) is 7.28. The minimum absolute atomic E-state index is 0.100. The number of fused-ring (bicyclic) bond motifs is 2. The van der Waals surface area contributed by atoms with Gasteiger partial charge in [0.15, 0.2) is 0 Å². The first kappa shape index (κ1) is 15.9. The van der Waals surface area contributed by atoms with Crippen LogP contribution in [0.2, 0.25) is 0 Å². The highest BCUT2D eigenvalue weighted by Gasteiger charge is 2.20. The van der Waals surface area contributed by atoms with Crippen molar-refractivity contribution in [2.45, 2.75) is 11.5 Å². The van der Waals surface area contributed by atoms with E-state index in [-0.39, 0.29) is 4.90 Å². The molecule has 0 saturated carbocycles. The van der Waals surface area contributed by atoms with E-state index in [0.717, 1.165) is 22.8 Å². The van der Waals surface area contributed by atoms with E-state index in [9.17, 15) is 8.42 Å². The van der Waals surface area contributed by atoms with E-state index < -0.39 is 10.0 Å². The van der Waals surface area contributed by atoms with Crippen molar-refractivity contribution in [3.63, 3.8) is 0 Å². The van der Waals surface area contributed by atoms with Gasteiger partial charge in [0, 0.05) is 7.11 Å². The van der Waals surface area contributed by atoms with Crippen LogP contribution in [0.4, 0.5) is 5.69 Å². The second-order valence-electron chi connectivity index (χ2n) is 5.34. The van der Waals surface area contributed by atoms with Crippen LogP contribution in [-0.2, 0) is 21.4 Å². The van der Waals surface area contributed by atoms with E-state index >= 15 is 0 Å². The highest BCUT2D eigenvalue weighted by molar-refractivity contribution is 7.93. The fraction of sp³-hybridized carbons (Fsp3) is 0.133. The molecule has 0 saturated heterocycles. The number of sulfonamides is 1. The number of aromatic amines is 1. The molecule has 10 heteroatoms. The SMILES string of the molecule is COCc1nc2ccc(NS(=O)(=O)c3cccc4nsnc34)cc2[nH]1. The Morgan fingerprint density at radius 3 is 2.92 bits per heavy atom. The maximum atomic E-state index is 12.7. The molecule has 0 radical (unpaired) electrons. The summed E-state index contributed by atoms with van der Waals surface area (Å²) in [6.45, 7) is 0.356. The standard InChI is InChI=1S/C15H13N5O3S2/c1-23-8-14-16-10-6-5-9(7-12(10)17-14)20-25(21,22)13-4-2-3-11-15(13)19-24-18-11/h2-7,20H,8H2,1H3,(H,16,17). The number of methoxy groups -OCH3 is 1. The molecule has 2 N–H and O–H groups in total. The third kappa shape index (κ3) is 2.95. The van der Waals surface area contributed by atoms with Crippen molar-refractivity contribution in [2.75, 3.05) is 11.8 Å². The number of nitrogens with one attached hydrogen (secondary N) is 2. The number of aromatic nitrogens is 4. The Hall–Kier alpha value is -2.56. The van der Waals surface area contributed by atoms with Gasteiger partial charge in [0.2, 0.25) is 0 Å². The van der Waals surface area contributed by atoms with Crippen LogP contribution in [0.3, 0.4) is 0 Å². The molecular formula is C15H13N5O3S2. The summed E-state index contributed by atoms with van der Waals surface area (Å²) in [4.78, 5) is 7.55. The van der Waals surface area contributed by atoms with Gasteiger partial charge in [-0.2, -0.15) is 8.75 Å². The molecule has 0 aliphatic carbocycles. The molecule has 0 atom stereocenters. The van der Waals surface area contributed by atoms with E-state index in [1.807, 2.05) is 0 Å². The Morgan fingerprint density at radius 1 is 1.20 bits per heavy atom. The van der Waals surface area contributed by atoms with Crippen molar-refractivity contribution in [3.05, 3.63) is 42.2 Å². The molecule has 128 valence electrons. The summed E-state index contributed by atoms with van der Waals surface area (Å²) < 4.78 is 41.3. The highest BCUT2D eigenvalue weighted by Crippen LogP contribution is 2.25. The lowest BCUT2D eigenvalue weighted by Gasteiger charge is -2.08. The van der Waals surface area contributed by atoms with E-state index in [1.165, 1.54) is 6.07 Å². The molecular weight excluding hydrogens is 362 g/mol. The average Bonchev–Trinajstić information content (AvgIpc) is 3.19. The topological polar surface area (TPSA) is 110 Å². The maximum Gasteiger partial charge on any atom is 0.264 e. The molecule has 0 amide bonds. The van der Waals surface area contributed by atoms with Gasteiger partial charge in [-0.15, -0.1) is 0 Å². The summed E-state index contributed by atoms with van der Waals surface area (Å²) in [5.41, 5.74) is 2.81. The van der Waals surface area contributed by atoms with Crippen molar-refractivity contribution in [1.29, 1.82) is 0 Å². The zero-order valence-corrected chi connectivity index (χ0v) is 14.7.